The van der Waals surface area contributed by atoms with Gasteiger partial charge in [0.25, 0.3) is 5.91 Å². The highest BCUT2D eigenvalue weighted by molar-refractivity contribution is 6.03. The van der Waals surface area contributed by atoms with E-state index >= 15 is 0 Å². The third-order valence-electron chi connectivity index (χ3n) is 6.90. The Bertz CT molecular complexity index is 1170. The standard InChI is InChI=1S/C28H29FN4O/c1-3-4-5-24(20(2)26-10-13-31-19-32-26)27(34)33-14-11-28(18-30,12-15-33)17-22-8-9-23(29)16-25(22)21-6-7-21/h3-5,8-10,13,16,19,21H,1,6-7,11-12,14-15,17H2,2H3/b5-4-,24-20-. The zero-order chi connectivity index (χ0) is 24.1. The molecule has 0 radical (unpaired) electrons. The van der Waals surface area contributed by atoms with E-state index in [4.69, 9.17) is 0 Å². The van der Waals surface area contributed by atoms with Gasteiger partial charge in [-0.2, -0.15) is 5.26 Å². The number of carbonyl (C=O) groups excluding carboxylic acids is 1. The third kappa shape index (κ3) is 5.14. The molecule has 0 spiro atoms. The van der Waals surface area contributed by atoms with Gasteiger partial charge in [-0.05, 0) is 85.9 Å². The van der Waals surface area contributed by atoms with Gasteiger partial charge < -0.3 is 4.90 Å². The lowest BCUT2D eigenvalue weighted by Gasteiger charge is -2.38. The molecule has 34 heavy (non-hydrogen) atoms. The van der Waals surface area contributed by atoms with Gasteiger partial charge in [0.05, 0.1) is 17.2 Å². The number of nitriles is 1. The number of hydrogen-bond acceptors (Lipinski definition) is 4. The lowest BCUT2D eigenvalue weighted by atomic mass is 9.74. The summed E-state index contributed by atoms with van der Waals surface area (Å²) in [7, 11) is 0. The van der Waals surface area contributed by atoms with Crippen molar-refractivity contribution in [2.75, 3.05) is 13.1 Å². The summed E-state index contributed by atoms with van der Waals surface area (Å²) in [6.07, 6.45) is 12.2. The second kappa shape index (κ2) is 10.1. The van der Waals surface area contributed by atoms with E-state index in [1.54, 1.807) is 36.6 Å². The first kappa shape index (κ1) is 23.6. The lowest BCUT2D eigenvalue weighted by molar-refractivity contribution is -0.128. The summed E-state index contributed by atoms with van der Waals surface area (Å²) in [4.78, 5) is 23.5. The predicted octanol–water partition coefficient (Wildman–Crippen LogP) is 5.38. The minimum Gasteiger partial charge on any atom is -0.339 e. The van der Waals surface area contributed by atoms with Gasteiger partial charge >= 0.3 is 0 Å². The second-order valence-corrected chi connectivity index (χ2v) is 9.21. The lowest BCUT2D eigenvalue weighted by Crippen LogP contribution is -2.44. The van der Waals surface area contributed by atoms with Gasteiger partial charge in [0.15, 0.2) is 0 Å². The van der Waals surface area contributed by atoms with E-state index in [-0.39, 0.29) is 11.7 Å². The average molecular weight is 457 g/mol. The van der Waals surface area contributed by atoms with Gasteiger partial charge in [0, 0.05) is 24.9 Å². The van der Waals surface area contributed by atoms with Gasteiger partial charge in [-0.15, -0.1) is 0 Å². The van der Waals surface area contributed by atoms with Crippen LogP contribution in [0.3, 0.4) is 0 Å². The highest BCUT2D eigenvalue weighted by Gasteiger charge is 2.38. The Hall–Kier alpha value is -3.59. The Labute approximate surface area is 200 Å². The minimum atomic E-state index is -0.555. The zero-order valence-corrected chi connectivity index (χ0v) is 19.5. The summed E-state index contributed by atoms with van der Waals surface area (Å²) in [5.41, 5.74) is 3.58. The predicted molar refractivity (Wildman–Crippen MR) is 130 cm³/mol. The van der Waals surface area contributed by atoms with Crippen LogP contribution in [0, 0.1) is 22.6 Å². The molecule has 1 aromatic heterocycles. The first-order valence-electron chi connectivity index (χ1n) is 11.7. The Morgan fingerprint density at radius 3 is 2.71 bits per heavy atom. The number of carbonyl (C=O) groups is 1. The van der Waals surface area contributed by atoms with Crippen molar-refractivity contribution >= 4 is 11.5 Å². The molecular weight excluding hydrogens is 427 g/mol. The summed E-state index contributed by atoms with van der Waals surface area (Å²) < 4.78 is 13.9. The highest BCUT2D eigenvalue weighted by atomic mass is 19.1. The fourth-order valence-corrected chi connectivity index (χ4v) is 4.67. The quantitative estimate of drug-likeness (QED) is 0.414. The molecule has 1 aromatic carbocycles. The van der Waals surface area contributed by atoms with E-state index in [0.717, 1.165) is 29.5 Å². The SMILES string of the molecule is C=C/C=C\C(C(=O)N1CCC(C#N)(Cc2ccc(F)cc2C2CC2)CC1)=C(/C)c1ccncn1. The van der Waals surface area contributed by atoms with E-state index in [0.29, 0.717) is 49.5 Å². The normalized spacial score (nSPS) is 18.3. The summed E-state index contributed by atoms with van der Waals surface area (Å²) in [6, 6.07) is 9.29. The van der Waals surface area contributed by atoms with Crippen molar-refractivity contribution in [2.45, 2.75) is 44.9 Å². The van der Waals surface area contributed by atoms with Crippen LogP contribution in [-0.4, -0.2) is 33.9 Å². The van der Waals surface area contributed by atoms with Crippen LogP contribution in [0.4, 0.5) is 4.39 Å². The third-order valence-corrected chi connectivity index (χ3v) is 6.90. The van der Waals surface area contributed by atoms with Crippen LogP contribution < -0.4 is 0 Å². The number of aromatic nitrogens is 2. The molecule has 174 valence electrons. The molecule has 0 unspecified atom stereocenters. The zero-order valence-electron chi connectivity index (χ0n) is 19.5. The number of benzene rings is 1. The van der Waals surface area contributed by atoms with Crippen LogP contribution in [0.1, 0.15) is 55.3 Å². The number of nitrogens with zero attached hydrogens (tertiary/aromatic N) is 4. The number of piperidine rings is 1. The molecule has 2 aromatic rings. The smallest absolute Gasteiger partial charge is 0.254 e. The minimum absolute atomic E-state index is 0.0822. The van der Waals surface area contributed by atoms with Crippen molar-refractivity contribution in [2.24, 2.45) is 5.41 Å². The number of hydrogen-bond donors (Lipinski definition) is 0. The van der Waals surface area contributed by atoms with Crippen LogP contribution in [0.5, 0.6) is 0 Å². The molecule has 1 saturated heterocycles. The molecule has 1 amide bonds. The molecule has 6 heteroatoms. The van der Waals surface area contributed by atoms with E-state index in [1.807, 2.05) is 17.9 Å². The molecule has 1 aliphatic carbocycles. The molecule has 2 fully saturated rings. The topological polar surface area (TPSA) is 69.9 Å². The second-order valence-electron chi connectivity index (χ2n) is 9.21. The molecule has 1 saturated carbocycles. The number of amides is 1. The van der Waals surface area contributed by atoms with Gasteiger partial charge in [-0.1, -0.05) is 24.8 Å². The van der Waals surface area contributed by atoms with Crippen LogP contribution in [-0.2, 0) is 11.2 Å². The molecule has 0 N–H and O–H groups in total. The monoisotopic (exact) mass is 456 g/mol. The van der Waals surface area contributed by atoms with Crippen molar-refractivity contribution in [1.82, 2.24) is 14.9 Å². The number of likely N-dealkylation sites (tertiary alicyclic amines) is 1. The van der Waals surface area contributed by atoms with Crippen LogP contribution in [0.2, 0.25) is 0 Å². The van der Waals surface area contributed by atoms with E-state index in [1.165, 1.54) is 12.4 Å². The molecule has 1 aliphatic heterocycles. The Morgan fingerprint density at radius 1 is 1.32 bits per heavy atom. The van der Waals surface area contributed by atoms with E-state index in [2.05, 4.69) is 22.6 Å². The maximum Gasteiger partial charge on any atom is 0.254 e. The summed E-state index contributed by atoms with van der Waals surface area (Å²) in [5.74, 6) is 0.112. The first-order chi connectivity index (χ1) is 16.5. The largest absolute Gasteiger partial charge is 0.339 e. The van der Waals surface area contributed by atoms with E-state index < -0.39 is 5.41 Å². The Balaban J connectivity index is 1.52. The average Bonchev–Trinajstić information content (AvgIpc) is 3.71. The van der Waals surface area contributed by atoms with Crippen molar-refractivity contribution in [3.8, 4) is 6.07 Å². The highest BCUT2D eigenvalue weighted by Crippen LogP contribution is 2.44. The molecule has 2 heterocycles. The van der Waals surface area contributed by atoms with Crippen LogP contribution >= 0.6 is 0 Å². The van der Waals surface area contributed by atoms with E-state index in [9.17, 15) is 14.4 Å². The van der Waals surface area contributed by atoms with Crippen molar-refractivity contribution in [3.63, 3.8) is 0 Å². The molecule has 0 bridgehead atoms. The van der Waals surface area contributed by atoms with Crippen LogP contribution in [0.25, 0.3) is 5.57 Å². The fraction of sp³-hybridized carbons (Fsp3) is 0.357. The molecule has 2 aliphatic rings. The fourth-order valence-electron chi connectivity index (χ4n) is 4.67. The first-order valence-corrected chi connectivity index (χ1v) is 11.7. The summed E-state index contributed by atoms with van der Waals surface area (Å²) in [5, 5.41) is 10.1. The van der Waals surface area contributed by atoms with Gasteiger partial charge in [-0.3, -0.25) is 4.79 Å². The van der Waals surface area contributed by atoms with Crippen molar-refractivity contribution in [3.05, 3.63) is 89.8 Å². The number of halogens is 1. The maximum absolute atomic E-state index is 13.9. The number of allylic oxidation sites excluding steroid dienone is 3. The molecule has 0 atom stereocenters. The van der Waals surface area contributed by atoms with Crippen molar-refractivity contribution < 1.29 is 9.18 Å². The Morgan fingerprint density at radius 2 is 2.09 bits per heavy atom. The molecular formula is C28H29FN4O. The van der Waals surface area contributed by atoms with Gasteiger partial charge in [-0.25, -0.2) is 14.4 Å². The summed E-state index contributed by atoms with van der Waals surface area (Å²) >= 11 is 0. The van der Waals surface area contributed by atoms with Gasteiger partial charge in [0.2, 0.25) is 0 Å². The van der Waals surface area contributed by atoms with Gasteiger partial charge in [0.1, 0.15) is 12.1 Å². The summed E-state index contributed by atoms with van der Waals surface area (Å²) in [6.45, 7) is 6.58. The maximum atomic E-state index is 13.9. The van der Waals surface area contributed by atoms with Crippen LogP contribution in [0.15, 0.2) is 67.2 Å². The number of rotatable bonds is 7. The molecule has 5 nitrogen and oxygen atoms in total. The van der Waals surface area contributed by atoms with Crippen molar-refractivity contribution in [1.29, 1.82) is 5.26 Å². The Kier molecular flexibility index (Phi) is 7.02. The molecule has 4 rings (SSSR count).